The molecule has 1 aliphatic carbocycles. The van der Waals surface area contributed by atoms with Gasteiger partial charge in [0.15, 0.2) is 0 Å². The summed E-state index contributed by atoms with van der Waals surface area (Å²) in [7, 11) is 0. The summed E-state index contributed by atoms with van der Waals surface area (Å²) in [5, 5.41) is 4.81. The Morgan fingerprint density at radius 2 is 2.12 bits per heavy atom. The number of hydrogen-bond donors (Lipinski definition) is 1. The highest BCUT2D eigenvalue weighted by atomic mass is 16.3. The Bertz CT molecular complexity index is 525. The van der Waals surface area contributed by atoms with Crippen molar-refractivity contribution in [3.05, 3.63) is 35.6 Å². The summed E-state index contributed by atoms with van der Waals surface area (Å²) in [6, 6.07) is 8.57. The lowest BCUT2D eigenvalue weighted by Gasteiger charge is -2.11. The fraction of sp³-hybridized carbons (Fsp3) is 0.467. The first-order valence-corrected chi connectivity index (χ1v) is 6.47. The lowest BCUT2D eigenvalue weighted by molar-refractivity contribution is 0.442. The molecule has 1 aromatic heterocycles. The van der Waals surface area contributed by atoms with Crippen molar-refractivity contribution in [1.82, 2.24) is 5.32 Å². The van der Waals surface area contributed by atoms with Gasteiger partial charge in [0.2, 0.25) is 0 Å². The van der Waals surface area contributed by atoms with Gasteiger partial charge in [0.25, 0.3) is 0 Å². The molecule has 1 aliphatic rings. The molecule has 1 unspecified atom stereocenters. The average molecular weight is 229 g/mol. The molecule has 1 fully saturated rings. The van der Waals surface area contributed by atoms with Crippen LogP contribution < -0.4 is 5.32 Å². The number of benzene rings is 1. The van der Waals surface area contributed by atoms with Crippen LogP contribution in [0, 0.1) is 12.8 Å². The predicted molar refractivity (Wildman–Crippen MR) is 70.1 cm³/mol. The van der Waals surface area contributed by atoms with Crippen molar-refractivity contribution >= 4 is 11.0 Å². The van der Waals surface area contributed by atoms with Crippen LogP contribution in [0.4, 0.5) is 0 Å². The number of fused-ring (bicyclic) bond motifs is 1. The smallest absolute Gasteiger partial charge is 0.134 e. The maximum atomic E-state index is 5.95. The van der Waals surface area contributed by atoms with Gasteiger partial charge in [-0.15, -0.1) is 0 Å². The molecule has 2 nitrogen and oxygen atoms in total. The molecule has 17 heavy (non-hydrogen) atoms. The first-order chi connectivity index (χ1) is 8.25. The van der Waals surface area contributed by atoms with Crippen molar-refractivity contribution in [1.29, 1.82) is 0 Å². The molecule has 0 saturated heterocycles. The molecule has 2 heteroatoms. The molecule has 0 spiro atoms. The van der Waals surface area contributed by atoms with Crippen LogP contribution in [0.2, 0.25) is 0 Å². The summed E-state index contributed by atoms with van der Waals surface area (Å²) in [5.41, 5.74) is 2.27. The zero-order valence-electron chi connectivity index (χ0n) is 10.5. The molecule has 0 amide bonds. The van der Waals surface area contributed by atoms with E-state index in [2.05, 4.69) is 31.3 Å². The first kappa shape index (κ1) is 10.8. The summed E-state index contributed by atoms with van der Waals surface area (Å²) in [4.78, 5) is 0. The van der Waals surface area contributed by atoms with Crippen molar-refractivity contribution in [2.45, 2.75) is 32.7 Å². The van der Waals surface area contributed by atoms with Crippen molar-refractivity contribution < 1.29 is 4.42 Å². The Hall–Kier alpha value is -1.28. The van der Waals surface area contributed by atoms with Crippen molar-refractivity contribution in [2.75, 3.05) is 6.54 Å². The van der Waals surface area contributed by atoms with E-state index in [0.717, 1.165) is 23.8 Å². The summed E-state index contributed by atoms with van der Waals surface area (Å²) in [6.07, 6.45) is 2.78. The molecule has 2 aromatic rings. The fourth-order valence-corrected chi connectivity index (χ4v) is 2.36. The summed E-state index contributed by atoms with van der Waals surface area (Å²) in [5.74, 6) is 1.99. The number of furan rings is 1. The van der Waals surface area contributed by atoms with Crippen LogP contribution in [0.3, 0.4) is 0 Å². The molecule has 1 atom stereocenters. The molecule has 0 aliphatic heterocycles. The number of aryl methyl sites for hydroxylation is 1. The molecule has 0 bridgehead atoms. The van der Waals surface area contributed by atoms with E-state index in [9.17, 15) is 0 Å². The van der Waals surface area contributed by atoms with E-state index in [1.807, 2.05) is 12.1 Å². The lowest BCUT2D eigenvalue weighted by Crippen LogP contribution is -2.21. The number of para-hydroxylation sites is 1. The van der Waals surface area contributed by atoms with Crippen molar-refractivity contribution in [2.24, 2.45) is 5.92 Å². The highest BCUT2D eigenvalue weighted by Crippen LogP contribution is 2.31. The maximum Gasteiger partial charge on any atom is 0.134 e. The first-order valence-electron chi connectivity index (χ1n) is 6.47. The molecule has 1 aromatic carbocycles. The van der Waals surface area contributed by atoms with E-state index >= 15 is 0 Å². The standard InChI is InChI=1S/C15H19NO/c1-10-13-5-3-4-6-14(13)17-15(10)11(2)16-9-12-7-8-12/h3-6,11-12,16H,7-9H2,1-2H3. The van der Waals surface area contributed by atoms with Crippen molar-refractivity contribution in [3.63, 3.8) is 0 Å². The highest BCUT2D eigenvalue weighted by Gasteiger charge is 2.23. The minimum atomic E-state index is 0.308. The molecule has 0 radical (unpaired) electrons. The van der Waals surface area contributed by atoms with Gasteiger partial charge in [-0.1, -0.05) is 18.2 Å². The van der Waals surface area contributed by atoms with Gasteiger partial charge in [-0.3, -0.25) is 0 Å². The minimum absolute atomic E-state index is 0.308. The van der Waals surface area contributed by atoms with Gasteiger partial charge in [-0.05, 0) is 50.8 Å². The third-order valence-corrected chi connectivity index (χ3v) is 3.68. The normalized spacial score (nSPS) is 17.5. The zero-order chi connectivity index (χ0) is 11.8. The monoisotopic (exact) mass is 229 g/mol. The molecule has 1 heterocycles. The molecular formula is C15H19NO. The highest BCUT2D eigenvalue weighted by molar-refractivity contribution is 5.82. The molecule has 1 N–H and O–H groups in total. The Kier molecular flexibility index (Phi) is 2.67. The van der Waals surface area contributed by atoms with E-state index in [1.54, 1.807) is 0 Å². The van der Waals surface area contributed by atoms with Crippen LogP contribution in [-0.2, 0) is 0 Å². The topological polar surface area (TPSA) is 25.2 Å². The number of nitrogens with one attached hydrogen (secondary N) is 1. The van der Waals surface area contributed by atoms with Gasteiger partial charge < -0.3 is 9.73 Å². The van der Waals surface area contributed by atoms with Gasteiger partial charge in [0.05, 0.1) is 6.04 Å². The van der Waals surface area contributed by atoms with E-state index in [-0.39, 0.29) is 0 Å². The third-order valence-electron chi connectivity index (χ3n) is 3.68. The molecular weight excluding hydrogens is 210 g/mol. The largest absolute Gasteiger partial charge is 0.459 e. The zero-order valence-corrected chi connectivity index (χ0v) is 10.5. The van der Waals surface area contributed by atoms with E-state index < -0.39 is 0 Å². The second-order valence-electron chi connectivity index (χ2n) is 5.16. The second-order valence-corrected chi connectivity index (χ2v) is 5.16. The third kappa shape index (κ3) is 2.09. The van der Waals surface area contributed by atoms with E-state index in [4.69, 9.17) is 4.42 Å². The van der Waals surface area contributed by atoms with Crippen LogP contribution >= 0.6 is 0 Å². The van der Waals surface area contributed by atoms with Gasteiger partial charge in [0.1, 0.15) is 11.3 Å². The average Bonchev–Trinajstić information content (AvgIpc) is 3.11. The summed E-state index contributed by atoms with van der Waals surface area (Å²) >= 11 is 0. The van der Waals surface area contributed by atoms with Crippen LogP contribution in [0.15, 0.2) is 28.7 Å². The quantitative estimate of drug-likeness (QED) is 0.862. The Balaban J connectivity index is 1.85. The minimum Gasteiger partial charge on any atom is -0.459 e. The van der Waals surface area contributed by atoms with Crippen LogP contribution in [0.1, 0.15) is 37.1 Å². The lowest BCUT2D eigenvalue weighted by atomic mass is 10.1. The Labute approximate surface area is 102 Å². The van der Waals surface area contributed by atoms with Gasteiger partial charge in [0, 0.05) is 5.39 Å². The summed E-state index contributed by atoms with van der Waals surface area (Å²) in [6.45, 7) is 5.46. The fourth-order valence-electron chi connectivity index (χ4n) is 2.36. The molecule has 90 valence electrons. The van der Waals surface area contributed by atoms with Crippen LogP contribution in [-0.4, -0.2) is 6.54 Å². The number of hydrogen-bond acceptors (Lipinski definition) is 2. The van der Waals surface area contributed by atoms with E-state index in [0.29, 0.717) is 6.04 Å². The van der Waals surface area contributed by atoms with Gasteiger partial charge >= 0.3 is 0 Å². The van der Waals surface area contributed by atoms with Gasteiger partial charge in [-0.25, -0.2) is 0 Å². The maximum absolute atomic E-state index is 5.95. The predicted octanol–water partition coefficient (Wildman–Crippen LogP) is 3.80. The Morgan fingerprint density at radius 1 is 1.35 bits per heavy atom. The van der Waals surface area contributed by atoms with E-state index in [1.165, 1.54) is 23.8 Å². The Morgan fingerprint density at radius 3 is 2.82 bits per heavy atom. The molecule has 1 saturated carbocycles. The second kappa shape index (κ2) is 4.19. The summed E-state index contributed by atoms with van der Waals surface area (Å²) < 4.78 is 5.95. The van der Waals surface area contributed by atoms with Crippen LogP contribution in [0.25, 0.3) is 11.0 Å². The van der Waals surface area contributed by atoms with Crippen molar-refractivity contribution in [3.8, 4) is 0 Å². The van der Waals surface area contributed by atoms with Crippen LogP contribution in [0.5, 0.6) is 0 Å². The van der Waals surface area contributed by atoms with Gasteiger partial charge in [-0.2, -0.15) is 0 Å². The SMILES string of the molecule is Cc1c(C(C)NCC2CC2)oc2ccccc12. The number of rotatable bonds is 4. The molecule has 3 rings (SSSR count).